The van der Waals surface area contributed by atoms with Crippen molar-refractivity contribution in [1.29, 1.82) is 0 Å². The summed E-state index contributed by atoms with van der Waals surface area (Å²) in [6.45, 7) is 2.36. The van der Waals surface area contributed by atoms with E-state index >= 15 is 0 Å². The summed E-state index contributed by atoms with van der Waals surface area (Å²) < 4.78 is 5.46. The molecule has 1 aromatic heterocycles. The van der Waals surface area contributed by atoms with Crippen molar-refractivity contribution < 1.29 is 9.53 Å². The van der Waals surface area contributed by atoms with Crippen molar-refractivity contribution in [2.45, 2.75) is 13.3 Å². The molecule has 0 fully saturated rings. The highest BCUT2D eigenvalue weighted by atomic mass is 16.5. The van der Waals surface area contributed by atoms with Crippen molar-refractivity contribution in [3.8, 4) is 5.75 Å². The summed E-state index contributed by atoms with van der Waals surface area (Å²) in [6.07, 6.45) is 3.52. The molecule has 2 rings (SSSR count). The van der Waals surface area contributed by atoms with E-state index in [0.717, 1.165) is 5.75 Å². The smallest absolute Gasteiger partial charge is 0.230 e. The number of H-pyrrole nitrogens is 1. The number of hydrogen-bond acceptors (Lipinski definition) is 3. The van der Waals surface area contributed by atoms with E-state index < -0.39 is 0 Å². The first-order chi connectivity index (χ1) is 8.74. The predicted molar refractivity (Wildman–Crippen MR) is 68.5 cm³/mol. The third kappa shape index (κ3) is 3.62. The molecular formula is C13H15N3O2. The van der Waals surface area contributed by atoms with Crippen LogP contribution in [0.3, 0.4) is 0 Å². The van der Waals surface area contributed by atoms with Crippen molar-refractivity contribution in [1.82, 2.24) is 9.97 Å². The summed E-state index contributed by atoms with van der Waals surface area (Å²) in [5, 5.41) is 2.63. The first-order valence-electron chi connectivity index (χ1n) is 5.73. The van der Waals surface area contributed by atoms with E-state index in [1.165, 1.54) is 5.56 Å². The van der Waals surface area contributed by atoms with Crippen LogP contribution >= 0.6 is 0 Å². The molecule has 18 heavy (non-hydrogen) atoms. The molecule has 1 heterocycles. The summed E-state index contributed by atoms with van der Waals surface area (Å²) in [4.78, 5) is 18.2. The van der Waals surface area contributed by atoms with Crippen LogP contribution in [0.25, 0.3) is 0 Å². The van der Waals surface area contributed by atoms with Crippen molar-refractivity contribution in [3.63, 3.8) is 0 Å². The number of aromatic nitrogens is 2. The maximum absolute atomic E-state index is 11.5. The van der Waals surface area contributed by atoms with E-state index in [9.17, 15) is 4.79 Å². The van der Waals surface area contributed by atoms with Gasteiger partial charge in [-0.3, -0.25) is 10.1 Å². The number of imidazole rings is 1. The van der Waals surface area contributed by atoms with E-state index in [1.54, 1.807) is 12.4 Å². The Labute approximate surface area is 105 Å². The van der Waals surface area contributed by atoms with Crippen molar-refractivity contribution >= 4 is 11.9 Å². The predicted octanol–water partition coefficient (Wildman–Crippen LogP) is 2.13. The normalized spacial score (nSPS) is 10.1. The fourth-order valence-electron chi connectivity index (χ4n) is 1.42. The summed E-state index contributed by atoms with van der Waals surface area (Å²) >= 11 is 0. The van der Waals surface area contributed by atoms with E-state index in [1.807, 2.05) is 31.2 Å². The first kappa shape index (κ1) is 12.2. The number of ether oxygens (including phenoxy) is 1. The fraction of sp³-hybridized carbons (Fsp3) is 0.231. The second-order valence-corrected chi connectivity index (χ2v) is 3.90. The lowest BCUT2D eigenvalue weighted by atomic mass is 10.2. The molecule has 1 amide bonds. The Morgan fingerprint density at radius 1 is 1.39 bits per heavy atom. The van der Waals surface area contributed by atoms with E-state index in [-0.39, 0.29) is 12.3 Å². The number of benzene rings is 1. The van der Waals surface area contributed by atoms with E-state index in [2.05, 4.69) is 15.3 Å². The summed E-state index contributed by atoms with van der Waals surface area (Å²) in [7, 11) is 0. The monoisotopic (exact) mass is 245 g/mol. The standard InChI is InChI=1S/C13H15N3O2/c1-10-2-4-11(5-3-10)18-9-6-12(17)16-13-14-7-8-15-13/h2-5,7-8H,6,9H2,1H3,(H2,14,15,16,17). The lowest BCUT2D eigenvalue weighted by Gasteiger charge is -2.06. The topological polar surface area (TPSA) is 67.0 Å². The molecule has 0 spiro atoms. The Hall–Kier alpha value is -2.30. The number of aromatic amines is 1. The molecule has 0 aliphatic carbocycles. The van der Waals surface area contributed by atoms with Gasteiger partial charge in [-0.1, -0.05) is 17.7 Å². The highest BCUT2D eigenvalue weighted by molar-refractivity contribution is 5.88. The van der Waals surface area contributed by atoms with Gasteiger partial charge in [-0.2, -0.15) is 0 Å². The molecule has 0 radical (unpaired) electrons. The minimum absolute atomic E-state index is 0.128. The van der Waals surface area contributed by atoms with Crippen LogP contribution in [-0.4, -0.2) is 22.5 Å². The Morgan fingerprint density at radius 3 is 2.83 bits per heavy atom. The van der Waals surface area contributed by atoms with Gasteiger partial charge >= 0.3 is 0 Å². The Bertz CT molecular complexity index is 491. The lowest BCUT2D eigenvalue weighted by Crippen LogP contribution is -2.15. The molecule has 0 saturated carbocycles. The lowest BCUT2D eigenvalue weighted by molar-refractivity contribution is -0.116. The summed E-state index contributed by atoms with van der Waals surface area (Å²) in [6, 6.07) is 7.72. The van der Waals surface area contributed by atoms with Gasteiger partial charge < -0.3 is 9.72 Å². The molecule has 5 heteroatoms. The SMILES string of the molecule is Cc1ccc(OCCC(=O)Nc2ncc[nH]2)cc1. The molecular weight excluding hydrogens is 230 g/mol. The van der Waals surface area contributed by atoms with Gasteiger partial charge in [0.25, 0.3) is 0 Å². The number of carbonyl (C=O) groups excluding carboxylic acids is 1. The van der Waals surface area contributed by atoms with Crippen LogP contribution in [0, 0.1) is 6.92 Å². The third-order valence-corrected chi connectivity index (χ3v) is 2.37. The fourth-order valence-corrected chi connectivity index (χ4v) is 1.42. The Morgan fingerprint density at radius 2 is 2.17 bits per heavy atom. The largest absolute Gasteiger partial charge is 0.493 e. The maximum atomic E-state index is 11.5. The molecule has 0 aliphatic heterocycles. The third-order valence-electron chi connectivity index (χ3n) is 2.37. The van der Waals surface area contributed by atoms with Gasteiger partial charge in [0, 0.05) is 12.4 Å². The number of carbonyl (C=O) groups is 1. The molecule has 0 saturated heterocycles. The van der Waals surface area contributed by atoms with Crippen molar-refractivity contribution in [2.24, 2.45) is 0 Å². The number of anilines is 1. The van der Waals surface area contributed by atoms with Crippen LogP contribution in [0.2, 0.25) is 0 Å². The first-order valence-corrected chi connectivity index (χ1v) is 5.73. The average molecular weight is 245 g/mol. The number of nitrogens with zero attached hydrogens (tertiary/aromatic N) is 1. The minimum atomic E-state index is -0.128. The number of amides is 1. The molecule has 0 aliphatic rings. The zero-order valence-electron chi connectivity index (χ0n) is 10.1. The summed E-state index contributed by atoms with van der Waals surface area (Å²) in [5.41, 5.74) is 1.18. The molecule has 1 aromatic carbocycles. The average Bonchev–Trinajstić information content (AvgIpc) is 2.84. The van der Waals surface area contributed by atoms with Crippen LogP contribution in [0.1, 0.15) is 12.0 Å². The molecule has 0 bridgehead atoms. The number of rotatable bonds is 5. The van der Waals surface area contributed by atoms with Crippen molar-refractivity contribution in [2.75, 3.05) is 11.9 Å². The highest BCUT2D eigenvalue weighted by Gasteiger charge is 2.03. The van der Waals surface area contributed by atoms with Gasteiger partial charge in [0.2, 0.25) is 11.9 Å². The zero-order valence-corrected chi connectivity index (χ0v) is 10.1. The van der Waals surface area contributed by atoms with Gasteiger partial charge in [0.1, 0.15) is 5.75 Å². The zero-order chi connectivity index (χ0) is 12.8. The van der Waals surface area contributed by atoms with Gasteiger partial charge in [0.05, 0.1) is 13.0 Å². The van der Waals surface area contributed by atoms with Crippen LogP contribution in [0.5, 0.6) is 5.75 Å². The number of aryl methyl sites for hydroxylation is 1. The van der Waals surface area contributed by atoms with Gasteiger partial charge in [-0.25, -0.2) is 4.98 Å². The maximum Gasteiger partial charge on any atom is 0.230 e. The Kier molecular flexibility index (Phi) is 3.96. The molecule has 2 N–H and O–H groups in total. The Balaban J connectivity index is 1.72. The van der Waals surface area contributed by atoms with Gasteiger partial charge in [-0.15, -0.1) is 0 Å². The second kappa shape index (κ2) is 5.86. The molecule has 2 aromatic rings. The molecule has 0 atom stereocenters. The van der Waals surface area contributed by atoms with Crippen molar-refractivity contribution in [3.05, 3.63) is 42.2 Å². The van der Waals surface area contributed by atoms with Gasteiger partial charge in [0.15, 0.2) is 0 Å². The second-order valence-electron chi connectivity index (χ2n) is 3.90. The number of nitrogens with one attached hydrogen (secondary N) is 2. The van der Waals surface area contributed by atoms with Crippen LogP contribution in [0.15, 0.2) is 36.7 Å². The van der Waals surface area contributed by atoms with E-state index in [4.69, 9.17) is 4.74 Å². The highest BCUT2D eigenvalue weighted by Crippen LogP contribution is 2.11. The van der Waals surface area contributed by atoms with Crippen LogP contribution in [-0.2, 0) is 4.79 Å². The van der Waals surface area contributed by atoms with Crippen LogP contribution < -0.4 is 10.1 Å². The number of hydrogen-bond donors (Lipinski definition) is 2. The summed E-state index contributed by atoms with van der Waals surface area (Å²) in [5.74, 6) is 1.10. The quantitative estimate of drug-likeness (QED) is 0.848. The molecule has 94 valence electrons. The molecule has 0 unspecified atom stereocenters. The van der Waals surface area contributed by atoms with E-state index in [0.29, 0.717) is 12.6 Å². The molecule has 5 nitrogen and oxygen atoms in total. The minimum Gasteiger partial charge on any atom is -0.493 e. The van der Waals surface area contributed by atoms with Gasteiger partial charge in [-0.05, 0) is 19.1 Å². The van der Waals surface area contributed by atoms with Crippen LogP contribution in [0.4, 0.5) is 5.95 Å².